The van der Waals surface area contributed by atoms with Crippen LogP contribution in [-0.4, -0.2) is 35.3 Å². The molecule has 6 heteroatoms. The Bertz CT molecular complexity index is 302. The van der Waals surface area contributed by atoms with Crippen molar-refractivity contribution in [3.63, 3.8) is 0 Å². The monoisotopic (exact) mass is 227 g/mol. The third kappa shape index (κ3) is 3.62. The highest BCUT2D eigenvalue weighted by Crippen LogP contribution is 2.02. The molecule has 0 radical (unpaired) electrons. The molecule has 0 bridgehead atoms. The van der Waals surface area contributed by atoms with E-state index in [1.54, 1.807) is 0 Å². The number of carbonyl (C=O) groups excluding carboxylic acids is 2. The van der Waals surface area contributed by atoms with Crippen molar-refractivity contribution in [2.45, 2.75) is 38.6 Å². The molecule has 0 fully saturated rings. The summed E-state index contributed by atoms with van der Waals surface area (Å²) >= 11 is 0. The molecule has 0 spiro atoms. The molecule has 1 aliphatic heterocycles. The van der Waals surface area contributed by atoms with Gasteiger partial charge in [-0.05, 0) is 12.8 Å². The number of hydrogen-bond donors (Lipinski definition) is 3. The molecule has 90 valence electrons. The van der Waals surface area contributed by atoms with Gasteiger partial charge in [0.1, 0.15) is 5.71 Å². The first kappa shape index (κ1) is 12.6. The molecule has 2 amide bonds. The zero-order chi connectivity index (χ0) is 12.0. The Morgan fingerprint density at radius 2 is 2.38 bits per heavy atom. The van der Waals surface area contributed by atoms with Gasteiger partial charge in [-0.1, -0.05) is 6.92 Å². The van der Waals surface area contributed by atoms with Gasteiger partial charge in [-0.2, -0.15) is 5.10 Å². The lowest BCUT2D eigenvalue weighted by Gasteiger charge is -2.17. The summed E-state index contributed by atoms with van der Waals surface area (Å²) in [6.45, 7) is 1.98. The molecular formula is C10H17N3O3. The summed E-state index contributed by atoms with van der Waals surface area (Å²) in [4.78, 5) is 22.5. The van der Waals surface area contributed by atoms with Crippen LogP contribution in [0.25, 0.3) is 0 Å². The van der Waals surface area contributed by atoms with E-state index < -0.39 is 0 Å². The molecule has 1 rings (SSSR count). The maximum Gasteiger partial charge on any atom is 0.267 e. The van der Waals surface area contributed by atoms with E-state index in [1.165, 1.54) is 0 Å². The Balaban J connectivity index is 2.48. The number of rotatable bonds is 5. The summed E-state index contributed by atoms with van der Waals surface area (Å²) in [7, 11) is 0. The molecule has 3 N–H and O–H groups in total. The SMILES string of the molecule is CCC(CCO)NC(=O)C1=NNC(=O)CC1. The zero-order valence-corrected chi connectivity index (χ0v) is 9.32. The highest BCUT2D eigenvalue weighted by molar-refractivity contribution is 6.39. The van der Waals surface area contributed by atoms with Gasteiger partial charge >= 0.3 is 0 Å². The van der Waals surface area contributed by atoms with Gasteiger partial charge in [-0.3, -0.25) is 9.59 Å². The Labute approximate surface area is 94.1 Å². The summed E-state index contributed by atoms with van der Waals surface area (Å²) in [5, 5.41) is 15.3. The number of nitrogens with zero attached hydrogens (tertiary/aromatic N) is 1. The first-order valence-electron chi connectivity index (χ1n) is 5.44. The van der Waals surface area contributed by atoms with Crippen molar-refractivity contribution in [3.8, 4) is 0 Å². The molecule has 0 saturated carbocycles. The molecular weight excluding hydrogens is 210 g/mol. The van der Waals surface area contributed by atoms with Crippen LogP contribution in [0, 0.1) is 0 Å². The van der Waals surface area contributed by atoms with Crippen molar-refractivity contribution in [1.82, 2.24) is 10.7 Å². The van der Waals surface area contributed by atoms with Gasteiger partial charge in [0.25, 0.3) is 5.91 Å². The largest absolute Gasteiger partial charge is 0.396 e. The highest BCUT2D eigenvalue weighted by atomic mass is 16.3. The van der Waals surface area contributed by atoms with E-state index in [2.05, 4.69) is 15.8 Å². The lowest BCUT2D eigenvalue weighted by atomic mass is 10.1. The first-order chi connectivity index (χ1) is 7.67. The minimum absolute atomic E-state index is 0.0436. The summed E-state index contributed by atoms with van der Waals surface area (Å²) in [6, 6.07) is -0.0437. The zero-order valence-electron chi connectivity index (χ0n) is 9.32. The standard InChI is InChI=1S/C10H17N3O3/c1-2-7(5-6-14)11-10(16)8-3-4-9(15)13-12-8/h7,14H,2-6H2,1H3,(H,11,16)(H,13,15). The van der Waals surface area contributed by atoms with Crippen LogP contribution >= 0.6 is 0 Å². The number of nitrogens with one attached hydrogen (secondary N) is 2. The van der Waals surface area contributed by atoms with Crippen LogP contribution in [0.1, 0.15) is 32.6 Å². The summed E-state index contributed by atoms with van der Waals surface area (Å²) in [6.07, 6.45) is 1.95. The van der Waals surface area contributed by atoms with Crippen LogP contribution in [0.2, 0.25) is 0 Å². The quantitative estimate of drug-likeness (QED) is 0.593. The van der Waals surface area contributed by atoms with Crippen LogP contribution in [0.3, 0.4) is 0 Å². The molecule has 16 heavy (non-hydrogen) atoms. The van der Waals surface area contributed by atoms with E-state index >= 15 is 0 Å². The van der Waals surface area contributed by atoms with Crippen LogP contribution < -0.4 is 10.7 Å². The summed E-state index contributed by atoms with van der Waals surface area (Å²) in [5.74, 6) is -0.431. The number of aliphatic hydroxyl groups excluding tert-OH is 1. The van der Waals surface area contributed by atoms with Gasteiger partial charge in [-0.25, -0.2) is 5.43 Å². The number of hydrogen-bond acceptors (Lipinski definition) is 4. The normalized spacial score (nSPS) is 17.4. The van der Waals surface area contributed by atoms with Gasteiger partial charge < -0.3 is 10.4 Å². The molecule has 0 aromatic rings. The van der Waals surface area contributed by atoms with Crippen LogP contribution in [0.15, 0.2) is 5.10 Å². The van der Waals surface area contributed by atoms with Crippen molar-refractivity contribution in [2.75, 3.05) is 6.61 Å². The Hall–Kier alpha value is -1.43. The van der Waals surface area contributed by atoms with Gasteiger partial charge in [0.2, 0.25) is 5.91 Å². The summed E-state index contributed by atoms with van der Waals surface area (Å²) in [5.41, 5.74) is 2.62. The molecule has 6 nitrogen and oxygen atoms in total. The lowest BCUT2D eigenvalue weighted by Crippen LogP contribution is -2.42. The van der Waals surface area contributed by atoms with Crippen molar-refractivity contribution in [2.24, 2.45) is 5.10 Å². The molecule has 0 aromatic carbocycles. The van der Waals surface area contributed by atoms with E-state index in [-0.39, 0.29) is 24.5 Å². The minimum atomic E-state index is -0.264. The number of carbonyl (C=O) groups is 2. The molecule has 1 heterocycles. The van der Waals surface area contributed by atoms with Gasteiger partial charge in [0.05, 0.1) is 0 Å². The Morgan fingerprint density at radius 3 is 2.88 bits per heavy atom. The van der Waals surface area contributed by atoms with E-state index in [9.17, 15) is 9.59 Å². The maximum atomic E-state index is 11.7. The number of hydrazone groups is 1. The van der Waals surface area contributed by atoms with E-state index in [0.717, 1.165) is 6.42 Å². The van der Waals surface area contributed by atoms with Crippen LogP contribution in [0.4, 0.5) is 0 Å². The fourth-order valence-corrected chi connectivity index (χ4v) is 1.44. The van der Waals surface area contributed by atoms with Crippen molar-refractivity contribution < 1.29 is 14.7 Å². The van der Waals surface area contributed by atoms with Gasteiger partial charge in [-0.15, -0.1) is 0 Å². The second-order valence-electron chi connectivity index (χ2n) is 3.68. The lowest BCUT2D eigenvalue weighted by molar-refractivity contribution is -0.121. The second kappa shape index (κ2) is 6.22. The minimum Gasteiger partial charge on any atom is -0.396 e. The van der Waals surface area contributed by atoms with E-state index in [0.29, 0.717) is 25.0 Å². The topological polar surface area (TPSA) is 90.8 Å². The smallest absolute Gasteiger partial charge is 0.267 e. The van der Waals surface area contributed by atoms with Gasteiger partial charge in [0.15, 0.2) is 0 Å². The number of aliphatic hydroxyl groups is 1. The van der Waals surface area contributed by atoms with Crippen LogP contribution in [-0.2, 0) is 9.59 Å². The average Bonchev–Trinajstić information content (AvgIpc) is 2.29. The fraction of sp³-hybridized carbons (Fsp3) is 0.700. The highest BCUT2D eigenvalue weighted by Gasteiger charge is 2.20. The van der Waals surface area contributed by atoms with Crippen LogP contribution in [0.5, 0.6) is 0 Å². The van der Waals surface area contributed by atoms with Gasteiger partial charge in [0, 0.05) is 25.5 Å². The fourth-order valence-electron chi connectivity index (χ4n) is 1.44. The first-order valence-corrected chi connectivity index (χ1v) is 5.44. The number of amides is 2. The molecule has 1 atom stereocenters. The third-order valence-corrected chi connectivity index (χ3v) is 2.47. The molecule has 1 unspecified atom stereocenters. The maximum absolute atomic E-state index is 11.7. The van der Waals surface area contributed by atoms with E-state index in [4.69, 9.17) is 5.11 Å². The Kier molecular flexibility index (Phi) is 4.91. The predicted octanol–water partition coefficient (Wildman–Crippen LogP) is -0.470. The third-order valence-electron chi connectivity index (χ3n) is 2.47. The summed E-state index contributed by atoms with van der Waals surface area (Å²) < 4.78 is 0. The molecule has 0 aliphatic carbocycles. The van der Waals surface area contributed by atoms with E-state index in [1.807, 2.05) is 6.92 Å². The molecule has 0 saturated heterocycles. The molecule has 1 aliphatic rings. The van der Waals surface area contributed by atoms with Crippen molar-refractivity contribution >= 4 is 17.5 Å². The predicted molar refractivity (Wildman–Crippen MR) is 58.7 cm³/mol. The molecule has 0 aromatic heterocycles. The van der Waals surface area contributed by atoms with Crippen molar-refractivity contribution in [3.05, 3.63) is 0 Å². The second-order valence-corrected chi connectivity index (χ2v) is 3.68. The Morgan fingerprint density at radius 1 is 1.62 bits per heavy atom. The average molecular weight is 227 g/mol. The van der Waals surface area contributed by atoms with Crippen molar-refractivity contribution in [1.29, 1.82) is 0 Å².